The summed E-state index contributed by atoms with van der Waals surface area (Å²) in [5, 5.41) is 3.87. The van der Waals surface area contributed by atoms with E-state index in [2.05, 4.69) is 42.1 Å². The van der Waals surface area contributed by atoms with Gasteiger partial charge in [0, 0.05) is 23.9 Å². The first-order valence-electron chi connectivity index (χ1n) is 9.24. The molecular formula is C18H36N2S. The standard InChI is InChI=1S/C18H36N2S/c1-4-18(5-2,21-3)15-20-13-9-12-19-17(14-20)16-10-7-6-8-11-16/h16-17,19H,4-15H2,1-3H3. The van der Waals surface area contributed by atoms with E-state index in [9.17, 15) is 0 Å². The van der Waals surface area contributed by atoms with E-state index >= 15 is 0 Å². The summed E-state index contributed by atoms with van der Waals surface area (Å²) in [6.45, 7) is 9.82. The quantitative estimate of drug-likeness (QED) is 0.793. The summed E-state index contributed by atoms with van der Waals surface area (Å²) >= 11 is 2.09. The minimum atomic E-state index is 0.474. The van der Waals surface area contributed by atoms with Crippen LogP contribution in [0.2, 0.25) is 0 Å². The van der Waals surface area contributed by atoms with Gasteiger partial charge >= 0.3 is 0 Å². The van der Waals surface area contributed by atoms with Gasteiger partial charge in [-0.2, -0.15) is 11.8 Å². The maximum atomic E-state index is 3.87. The van der Waals surface area contributed by atoms with E-state index in [0.29, 0.717) is 4.75 Å². The number of thioether (sulfide) groups is 1. The summed E-state index contributed by atoms with van der Waals surface area (Å²) < 4.78 is 0.474. The first-order chi connectivity index (χ1) is 10.2. The predicted octanol–water partition coefficient (Wildman–Crippen LogP) is 4.15. The van der Waals surface area contributed by atoms with Crippen molar-refractivity contribution in [2.24, 2.45) is 5.92 Å². The smallest absolute Gasteiger partial charge is 0.0279 e. The molecule has 124 valence electrons. The van der Waals surface area contributed by atoms with Gasteiger partial charge in [-0.3, -0.25) is 0 Å². The van der Waals surface area contributed by atoms with Gasteiger partial charge in [-0.05, 0) is 57.4 Å². The molecule has 2 nitrogen and oxygen atoms in total. The lowest BCUT2D eigenvalue weighted by molar-refractivity contribution is 0.191. The maximum Gasteiger partial charge on any atom is 0.0279 e. The molecular weight excluding hydrogens is 276 g/mol. The maximum absolute atomic E-state index is 3.87. The third-order valence-electron chi connectivity index (χ3n) is 5.96. The van der Waals surface area contributed by atoms with Crippen LogP contribution < -0.4 is 5.32 Å². The molecule has 21 heavy (non-hydrogen) atoms. The number of hydrogen-bond acceptors (Lipinski definition) is 3. The Kier molecular flexibility index (Phi) is 7.37. The van der Waals surface area contributed by atoms with Crippen molar-refractivity contribution in [1.29, 1.82) is 0 Å². The molecule has 2 rings (SSSR count). The van der Waals surface area contributed by atoms with Gasteiger partial charge in [-0.15, -0.1) is 0 Å². The molecule has 0 radical (unpaired) electrons. The van der Waals surface area contributed by atoms with E-state index in [1.807, 2.05) is 0 Å². The van der Waals surface area contributed by atoms with E-state index in [1.54, 1.807) is 0 Å². The van der Waals surface area contributed by atoms with E-state index in [4.69, 9.17) is 0 Å². The first-order valence-corrected chi connectivity index (χ1v) is 10.5. The van der Waals surface area contributed by atoms with Crippen molar-refractivity contribution in [1.82, 2.24) is 10.2 Å². The van der Waals surface area contributed by atoms with Crippen LogP contribution in [-0.4, -0.2) is 48.1 Å². The van der Waals surface area contributed by atoms with Gasteiger partial charge in [0.05, 0.1) is 0 Å². The Balaban J connectivity index is 1.95. The molecule has 1 aliphatic carbocycles. The summed E-state index contributed by atoms with van der Waals surface area (Å²) in [7, 11) is 0. The van der Waals surface area contributed by atoms with E-state index in [1.165, 1.54) is 77.5 Å². The van der Waals surface area contributed by atoms with Gasteiger partial charge in [-0.25, -0.2) is 0 Å². The second-order valence-electron chi connectivity index (χ2n) is 7.14. The summed E-state index contributed by atoms with van der Waals surface area (Å²) in [6, 6.07) is 0.751. The van der Waals surface area contributed by atoms with Crippen LogP contribution in [0.1, 0.15) is 65.2 Å². The molecule has 1 aliphatic heterocycles. The SMILES string of the molecule is CCC(CC)(CN1CCCNC(C2CCCCC2)C1)SC. The fourth-order valence-electron chi connectivity index (χ4n) is 4.25. The Morgan fingerprint density at radius 2 is 1.81 bits per heavy atom. The second-order valence-corrected chi connectivity index (χ2v) is 8.42. The molecule has 1 saturated carbocycles. The molecule has 0 spiro atoms. The molecule has 0 bridgehead atoms. The van der Waals surface area contributed by atoms with Gasteiger partial charge < -0.3 is 10.2 Å². The fraction of sp³-hybridized carbons (Fsp3) is 1.00. The third kappa shape index (κ3) is 4.87. The summed E-state index contributed by atoms with van der Waals surface area (Å²) in [5.74, 6) is 0.936. The van der Waals surface area contributed by atoms with Crippen molar-refractivity contribution in [2.75, 3.05) is 32.4 Å². The minimum absolute atomic E-state index is 0.474. The van der Waals surface area contributed by atoms with Crippen molar-refractivity contribution >= 4 is 11.8 Å². The van der Waals surface area contributed by atoms with Crippen LogP contribution in [0.25, 0.3) is 0 Å². The van der Waals surface area contributed by atoms with Crippen molar-refractivity contribution in [3.8, 4) is 0 Å². The van der Waals surface area contributed by atoms with Crippen molar-refractivity contribution in [2.45, 2.75) is 76.0 Å². The monoisotopic (exact) mass is 312 g/mol. The Hall–Kier alpha value is 0.270. The zero-order chi connectivity index (χ0) is 15.1. The van der Waals surface area contributed by atoms with Gasteiger partial charge in [0.25, 0.3) is 0 Å². The van der Waals surface area contributed by atoms with E-state index in [-0.39, 0.29) is 0 Å². The predicted molar refractivity (Wildman–Crippen MR) is 96.3 cm³/mol. The first kappa shape index (κ1) is 17.6. The summed E-state index contributed by atoms with van der Waals surface area (Å²) in [5.41, 5.74) is 0. The molecule has 1 saturated heterocycles. The molecule has 0 aromatic carbocycles. The highest BCUT2D eigenvalue weighted by Gasteiger charge is 2.32. The summed E-state index contributed by atoms with van der Waals surface area (Å²) in [4.78, 5) is 2.78. The molecule has 0 aromatic rings. The van der Waals surface area contributed by atoms with Gasteiger partial charge in [0.15, 0.2) is 0 Å². The second kappa shape index (κ2) is 8.79. The lowest BCUT2D eigenvalue weighted by Crippen LogP contribution is -2.47. The fourth-order valence-corrected chi connectivity index (χ4v) is 5.14. The highest BCUT2D eigenvalue weighted by molar-refractivity contribution is 8.00. The largest absolute Gasteiger partial charge is 0.312 e. The molecule has 0 aromatic heterocycles. The number of nitrogens with zero attached hydrogens (tertiary/aromatic N) is 1. The minimum Gasteiger partial charge on any atom is -0.312 e. The molecule has 0 amide bonds. The topological polar surface area (TPSA) is 15.3 Å². The molecule has 2 aliphatic rings. The molecule has 1 atom stereocenters. The van der Waals surface area contributed by atoms with Crippen LogP contribution in [-0.2, 0) is 0 Å². The number of rotatable bonds is 6. The van der Waals surface area contributed by atoms with Crippen LogP contribution in [0.15, 0.2) is 0 Å². The van der Waals surface area contributed by atoms with Crippen LogP contribution in [0, 0.1) is 5.92 Å². The zero-order valence-electron chi connectivity index (χ0n) is 14.5. The zero-order valence-corrected chi connectivity index (χ0v) is 15.3. The van der Waals surface area contributed by atoms with Gasteiger partial charge in [0.2, 0.25) is 0 Å². The van der Waals surface area contributed by atoms with Gasteiger partial charge in [-0.1, -0.05) is 33.1 Å². The Morgan fingerprint density at radius 1 is 1.10 bits per heavy atom. The lowest BCUT2D eigenvalue weighted by Gasteiger charge is -2.38. The average Bonchev–Trinajstić information content (AvgIpc) is 2.79. The Labute approximate surface area is 136 Å². The average molecular weight is 313 g/mol. The Bertz CT molecular complexity index is 277. The van der Waals surface area contributed by atoms with E-state index < -0.39 is 0 Å². The highest BCUT2D eigenvalue weighted by atomic mass is 32.2. The molecule has 3 heteroatoms. The van der Waals surface area contributed by atoms with Crippen LogP contribution in [0.5, 0.6) is 0 Å². The molecule has 2 fully saturated rings. The molecule has 1 unspecified atom stereocenters. The summed E-state index contributed by atoms with van der Waals surface area (Å²) in [6.07, 6.45) is 13.5. The van der Waals surface area contributed by atoms with Crippen molar-refractivity contribution < 1.29 is 0 Å². The number of hydrogen-bond donors (Lipinski definition) is 1. The van der Waals surface area contributed by atoms with E-state index in [0.717, 1.165) is 12.0 Å². The third-order valence-corrected chi connectivity index (χ3v) is 7.54. The van der Waals surface area contributed by atoms with Crippen LogP contribution >= 0.6 is 11.8 Å². The molecule has 1 heterocycles. The molecule has 1 N–H and O–H groups in total. The Morgan fingerprint density at radius 3 is 2.43 bits per heavy atom. The lowest BCUT2D eigenvalue weighted by atomic mass is 9.83. The van der Waals surface area contributed by atoms with Crippen molar-refractivity contribution in [3.05, 3.63) is 0 Å². The van der Waals surface area contributed by atoms with Crippen molar-refractivity contribution in [3.63, 3.8) is 0 Å². The van der Waals surface area contributed by atoms with Crippen LogP contribution in [0.3, 0.4) is 0 Å². The van der Waals surface area contributed by atoms with Gasteiger partial charge in [0.1, 0.15) is 0 Å². The highest BCUT2D eigenvalue weighted by Crippen LogP contribution is 2.33. The van der Waals surface area contributed by atoms with Crippen LogP contribution in [0.4, 0.5) is 0 Å². The number of nitrogens with one attached hydrogen (secondary N) is 1. The normalized spacial score (nSPS) is 26.7.